The van der Waals surface area contributed by atoms with Crippen LogP contribution in [0.2, 0.25) is 0 Å². The zero-order valence-electron chi connectivity index (χ0n) is 10.9. The highest BCUT2D eigenvalue weighted by Gasteiger charge is 2.16. The zero-order valence-corrected chi connectivity index (χ0v) is 10.9. The number of carbonyl (C=O) groups excluding carboxylic acids is 1. The van der Waals surface area contributed by atoms with Crippen molar-refractivity contribution < 1.29 is 9.53 Å². The second kappa shape index (κ2) is 6.54. The molecule has 5 nitrogen and oxygen atoms in total. The number of aromatic nitrogens is 2. The van der Waals surface area contributed by atoms with E-state index in [2.05, 4.69) is 17.3 Å². The van der Waals surface area contributed by atoms with Crippen molar-refractivity contribution in [2.45, 2.75) is 51.7 Å². The van der Waals surface area contributed by atoms with E-state index in [1.54, 1.807) is 6.20 Å². The smallest absolute Gasteiger partial charge is 0.224 e. The molecule has 1 unspecified atom stereocenters. The molecule has 2 heterocycles. The minimum Gasteiger partial charge on any atom is -0.378 e. The zero-order chi connectivity index (χ0) is 12.8. The van der Waals surface area contributed by atoms with Crippen molar-refractivity contribution in [3.8, 4) is 0 Å². The summed E-state index contributed by atoms with van der Waals surface area (Å²) in [4.78, 5) is 11.7. The second-order valence-corrected chi connectivity index (χ2v) is 4.71. The predicted octanol–water partition coefficient (Wildman–Crippen LogP) is 2.19. The van der Waals surface area contributed by atoms with Gasteiger partial charge in [-0.3, -0.25) is 9.48 Å². The Balaban J connectivity index is 1.72. The molecule has 100 valence electrons. The highest BCUT2D eigenvalue weighted by molar-refractivity contribution is 5.90. The number of ether oxygens (including phenoxy) is 1. The minimum atomic E-state index is 0.0431. The number of hydrogen-bond acceptors (Lipinski definition) is 3. The van der Waals surface area contributed by atoms with Crippen LogP contribution < -0.4 is 5.32 Å². The van der Waals surface area contributed by atoms with Crippen molar-refractivity contribution in [1.29, 1.82) is 0 Å². The van der Waals surface area contributed by atoms with Gasteiger partial charge in [-0.1, -0.05) is 6.92 Å². The molecule has 0 bridgehead atoms. The number of carbonyl (C=O) groups is 1. The van der Waals surface area contributed by atoms with E-state index in [-0.39, 0.29) is 12.0 Å². The molecule has 0 radical (unpaired) electrons. The third-order valence-electron chi connectivity index (χ3n) is 3.09. The third-order valence-corrected chi connectivity index (χ3v) is 3.09. The lowest BCUT2D eigenvalue weighted by Gasteiger charge is -2.08. The first-order chi connectivity index (χ1) is 8.78. The molecule has 0 aliphatic carbocycles. The quantitative estimate of drug-likeness (QED) is 0.843. The fraction of sp³-hybridized carbons (Fsp3) is 0.692. The van der Waals surface area contributed by atoms with Gasteiger partial charge in [0.25, 0.3) is 0 Å². The lowest BCUT2D eigenvalue weighted by atomic mass is 10.1. The Labute approximate surface area is 108 Å². The van der Waals surface area contributed by atoms with Crippen molar-refractivity contribution in [2.24, 2.45) is 0 Å². The number of nitrogens with one attached hydrogen (secondary N) is 1. The molecular formula is C13H21N3O2. The first-order valence-corrected chi connectivity index (χ1v) is 6.72. The third kappa shape index (κ3) is 3.84. The van der Waals surface area contributed by atoms with E-state index in [1.807, 2.05) is 10.9 Å². The maximum Gasteiger partial charge on any atom is 0.224 e. The molecule has 0 aromatic carbocycles. The van der Waals surface area contributed by atoms with E-state index in [0.29, 0.717) is 6.42 Å². The molecule has 5 heteroatoms. The number of anilines is 1. The van der Waals surface area contributed by atoms with Gasteiger partial charge >= 0.3 is 0 Å². The normalized spacial score (nSPS) is 19.1. The van der Waals surface area contributed by atoms with Gasteiger partial charge in [-0.15, -0.1) is 0 Å². The first-order valence-electron chi connectivity index (χ1n) is 6.72. The lowest BCUT2D eigenvalue weighted by Crippen LogP contribution is -2.14. The average molecular weight is 251 g/mol. The monoisotopic (exact) mass is 251 g/mol. The van der Waals surface area contributed by atoms with Crippen LogP contribution in [-0.2, 0) is 16.1 Å². The summed E-state index contributed by atoms with van der Waals surface area (Å²) in [6.07, 6.45) is 8.41. The van der Waals surface area contributed by atoms with Crippen LogP contribution in [0, 0.1) is 0 Å². The van der Waals surface area contributed by atoms with Crippen LogP contribution in [0.5, 0.6) is 0 Å². The Kier molecular flexibility index (Phi) is 4.75. The van der Waals surface area contributed by atoms with Crippen molar-refractivity contribution in [3.05, 3.63) is 12.4 Å². The molecule has 2 rings (SSSR count). The van der Waals surface area contributed by atoms with E-state index >= 15 is 0 Å². The van der Waals surface area contributed by atoms with Gasteiger partial charge in [0.05, 0.1) is 18.0 Å². The van der Waals surface area contributed by atoms with Crippen LogP contribution in [0.25, 0.3) is 0 Å². The molecule has 1 atom stereocenters. The van der Waals surface area contributed by atoms with Crippen molar-refractivity contribution in [2.75, 3.05) is 11.9 Å². The summed E-state index contributed by atoms with van der Waals surface area (Å²) in [5.41, 5.74) is 0.779. The highest BCUT2D eigenvalue weighted by Crippen LogP contribution is 2.17. The molecule has 0 saturated carbocycles. The average Bonchev–Trinajstić information content (AvgIpc) is 2.99. The molecule has 1 amide bonds. The largest absolute Gasteiger partial charge is 0.378 e. The maximum atomic E-state index is 11.7. The summed E-state index contributed by atoms with van der Waals surface area (Å²) < 4.78 is 7.34. The molecule has 1 fully saturated rings. The van der Waals surface area contributed by atoms with Gasteiger partial charge in [0.2, 0.25) is 5.91 Å². The maximum absolute atomic E-state index is 11.7. The van der Waals surface area contributed by atoms with E-state index in [1.165, 1.54) is 0 Å². The standard InChI is InChI=1S/C13H21N3O2/c1-2-7-16-10-11(9-14-16)15-13(17)6-5-12-4-3-8-18-12/h9-10,12H,2-8H2,1H3,(H,15,17). The molecule has 1 saturated heterocycles. The van der Waals surface area contributed by atoms with Gasteiger partial charge in [-0.2, -0.15) is 5.10 Å². The topological polar surface area (TPSA) is 56.2 Å². The number of hydrogen-bond donors (Lipinski definition) is 1. The number of rotatable bonds is 6. The Morgan fingerprint density at radius 1 is 1.67 bits per heavy atom. The second-order valence-electron chi connectivity index (χ2n) is 4.71. The van der Waals surface area contributed by atoms with Crippen LogP contribution in [-0.4, -0.2) is 28.4 Å². The first kappa shape index (κ1) is 13.1. The van der Waals surface area contributed by atoms with Crippen LogP contribution in [0.3, 0.4) is 0 Å². The Hall–Kier alpha value is -1.36. The Morgan fingerprint density at radius 3 is 3.28 bits per heavy atom. The fourth-order valence-electron chi connectivity index (χ4n) is 2.17. The molecule has 1 aromatic heterocycles. The lowest BCUT2D eigenvalue weighted by molar-refractivity contribution is -0.116. The van der Waals surface area contributed by atoms with E-state index in [4.69, 9.17) is 4.74 Å². The van der Waals surface area contributed by atoms with E-state index in [0.717, 1.165) is 44.5 Å². The van der Waals surface area contributed by atoms with E-state index in [9.17, 15) is 4.79 Å². The predicted molar refractivity (Wildman–Crippen MR) is 69.4 cm³/mol. The minimum absolute atomic E-state index is 0.0431. The van der Waals surface area contributed by atoms with Crippen LogP contribution in [0.15, 0.2) is 12.4 Å². The summed E-state index contributed by atoms with van der Waals surface area (Å²) in [7, 11) is 0. The fourth-order valence-corrected chi connectivity index (χ4v) is 2.17. The van der Waals surface area contributed by atoms with Crippen molar-refractivity contribution >= 4 is 11.6 Å². The number of amides is 1. The van der Waals surface area contributed by atoms with Gasteiger partial charge in [0, 0.05) is 25.8 Å². The van der Waals surface area contributed by atoms with Gasteiger partial charge in [0.1, 0.15) is 0 Å². The summed E-state index contributed by atoms with van der Waals surface area (Å²) >= 11 is 0. The van der Waals surface area contributed by atoms with Crippen LogP contribution in [0.4, 0.5) is 5.69 Å². The van der Waals surface area contributed by atoms with Crippen LogP contribution in [0.1, 0.15) is 39.0 Å². The molecule has 1 aliphatic rings. The van der Waals surface area contributed by atoms with Crippen molar-refractivity contribution in [3.63, 3.8) is 0 Å². The van der Waals surface area contributed by atoms with Crippen LogP contribution >= 0.6 is 0 Å². The summed E-state index contributed by atoms with van der Waals surface area (Å²) in [6, 6.07) is 0. The molecule has 1 aliphatic heterocycles. The van der Waals surface area contributed by atoms with Crippen molar-refractivity contribution in [1.82, 2.24) is 9.78 Å². The van der Waals surface area contributed by atoms with Gasteiger partial charge in [0.15, 0.2) is 0 Å². The van der Waals surface area contributed by atoms with E-state index < -0.39 is 0 Å². The molecule has 1 N–H and O–H groups in total. The highest BCUT2D eigenvalue weighted by atomic mass is 16.5. The van der Waals surface area contributed by atoms with Gasteiger partial charge < -0.3 is 10.1 Å². The van der Waals surface area contributed by atoms with Gasteiger partial charge in [-0.25, -0.2) is 0 Å². The molecule has 1 aromatic rings. The summed E-state index contributed by atoms with van der Waals surface area (Å²) in [6.45, 7) is 3.82. The van der Waals surface area contributed by atoms with Gasteiger partial charge in [-0.05, 0) is 25.7 Å². The molecular weight excluding hydrogens is 230 g/mol. The summed E-state index contributed by atoms with van der Waals surface area (Å²) in [5.74, 6) is 0.0431. The Bertz CT molecular complexity index is 383. The number of nitrogens with zero attached hydrogens (tertiary/aromatic N) is 2. The SMILES string of the molecule is CCCn1cc(NC(=O)CCC2CCCO2)cn1. The molecule has 0 spiro atoms. The summed E-state index contributed by atoms with van der Waals surface area (Å²) in [5, 5.41) is 7.04. The number of aryl methyl sites for hydroxylation is 1. The molecule has 18 heavy (non-hydrogen) atoms. The Morgan fingerprint density at radius 2 is 2.56 bits per heavy atom.